The summed E-state index contributed by atoms with van der Waals surface area (Å²) in [7, 11) is 0. The van der Waals surface area contributed by atoms with Crippen molar-refractivity contribution in [3.63, 3.8) is 0 Å². The predicted molar refractivity (Wildman–Crippen MR) is 210 cm³/mol. The second-order valence-corrected chi connectivity index (χ2v) is 13.4. The Morgan fingerprint density at radius 1 is 0.481 bits per heavy atom. The summed E-state index contributed by atoms with van der Waals surface area (Å²) in [5, 5.41) is 0.948. The van der Waals surface area contributed by atoms with Crippen LogP contribution in [0.2, 0.25) is 0 Å². The first kappa shape index (κ1) is 28.8. The summed E-state index contributed by atoms with van der Waals surface area (Å²) >= 11 is 0. The summed E-state index contributed by atoms with van der Waals surface area (Å²) in [6, 6.07) is 61.4. The number of benzene rings is 7. The zero-order valence-electron chi connectivity index (χ0n) is 28.0. The van der Waals surface area contributed by atoms with Gasteiger partial charge < -0.3 is 14.2 Å². The number of para-hydroxylation sites is 3. The summed E-state index contributed by atoms with van der Waals surface area (Å²) in [5.41, 5.74) is 15.6. The normalized spacial score (nSPS) is 13.5. The first-order valence-electron chi connectivity index (χ1n) is 17.6. The Morgan fingerprint density at radius 3 is 1.79 bits per heavy atom. The Hall–Kier alpha value is -6.98. The van der Waals surface area contributed by atoms with Crippen molar-refractivity contribution >= 4 is 56.3 Å². The maximum absolute atomic E-state index is 6.29. The van der Waals surface area contributed by atoms with E-state index in [1.807, 2.05) is 0 Å². The van der Waals surface area contributed by atoms with Gasteiger partial charge in [-0.25, -0.2) is 9.97 Å². The van der Waals surface area contributed by atoms with Crippen LogP contribution in [0.4, 0.5) is 34.1 Å². The maximum Gasteiger partial charge on any atom is 0.246 e. The van der Waals surface area contributed by atoms with Crippen molar-refractivity contribution < 1.29 is 4.42 Å². The first-order valence-corrected chi connectivity index (χ1v) is 17.6. The first-order chi connectivity index (χ1) is 25.8. The van der Waals surface area contributed by atoms with Gasteiger partial charge in [0.05, 0.1) is 16.8 Å². The van der Waals surface area contributed by atoms with Crippen LogP contribution in [0, 0.1) is 0 Å². The number of hydrogen-bond donors (Lipinski definition) is 0. The van der Waals surface area contributed by atoms with Crippen LogP contribution in [0.15, 0.2) is 187 Å². The van der Waals surface area contributed by atoms with Gasteiger partial charge in [0, 0.05) is 46.6 Å². The van der Waals surface area contributed by atoms with Gasteiger partial charge >= 0.3 is 0 Å². The van der Waals surface area contributed by atoms with E-state index < -0.39 is 5.41 Å². The van der Waals surface area contributed by atoms with E-state index >= 15 is 0 Å². The molecule has 7 aromatic carbocycles. The maximum atomic E-state index is 6.29. The van der Waals surface area contributed by atoms with Gasteiger partial charge in [-0.1, -0.05) is 103 Å². The highest BCUT2D eigenvalue weighted by atomic mass is 16.3. The molecule has 1 aliphatic carbocycles. The standard InChI is InChI=1S/C47H30N4O/c1-3-13-31(14-4-1)50(32-15-5-2-6-16-32)33-24-26-43-41(29-33)47(38-19-9-7-17-35(38)36-18-8-10-20-39(36)47)40-21-11-12-22-42(40)51(43)34-23-25-37-44(30-34)52-46-45(37)48-27-28-49-46/h1-30H. The SMILES string of the molecule is c1ccc(N(c2ccccc2)c2ccc3c(c2)C2(c4ccccc4-c4ccccc42)c2ccccc2N3c2ccc3c(c2)oc2nccnc23)cc1. The molecule has 0 bridgehead atoms. The third-order valence-corrected chi connectivity index (χ3v) is 10.8. The summed E-state index contributed by atoms with van der Waals surface area (Å²) in [4.78, 5) is 13.8. The molecule has 2 aromatic heterocycles. The van der Waals surface area contributed by atoms with E-state index in [1.165, 1.54) is 33.4 Å². The van der Waals surface area contributed by atoms with Crippen molar-refractivity contribution in [2.24, 2.45) is 0 Å². The molecule has 52 heavy (non-hydrogen) atoms. The van der Waals surface area contributed by atoms with Crippen LogP contribution in [0.3, 0.4) is 0 Å². The quantitative estimate of drug-likeness (QED) is 0.187. The molecule has 0 radical (unpaired) electrons. The number of aromatic nitrogens is 2. The van der Waals surface area contributed by atoms with E-state index in [4.69, 9.17) is 4.42 Å². The lowest BCUT2D eigenvalue weighted by Crippen LogP contribution is -2.36. The molecule has 0 atom stereocenters. The van der Waals surface area contributed by atoms with Gasteiger partial charge in [-0.15, -0.1) is 0 Å². The largest absolute Gasteiger partial charge is 0.436 e. The Labute approximate surface area is 300 Å². The van der Waals surface area contributed by atoms with Crippen molar-refractivity contribution in [3.05, 3.63) is 205 Å². The molecule has 0 N–H and O–H groups in total. The zero-order valence-corrected chi connectivity index (χ0v) is 28.0. The zero-order chi connectivity index (χ0) is 34.2. The van der Waals surface area contributed by atoms with Crippen molar-refractivity contribution in [2.75, 3.05) is 9.80 Å². The second kappa shape index (κ2) is 11.0. The Kier molecular flexibility index (Phi) is 6.10. The van der Waals surface area contributed by atoms with Gasteiger partial charge in [0.25, 0.3) is 0 Å². The van der Waals surface area contributed by atoms with Crippen LogP contribution in [0.1, 0.15) is 22.3 Å². The average molecular weight is 667 g/mol. The minimum Gasteiger partial charge on any atom is -0.436 e. The molecule has 244 valence electrons. The number of rotatable bonds is 4. The number of fused-ring (bicyclic) bond motifs is 12. The van der Waals surface area contributed by atoms with E-state index in [-0.39, 0.29) is 0 Å². The lowest BCUT2D eigenvalue weighted by atomic mass is 9.64. The van der Waals surface area contributed by atoms with Gasteiger partial charge in [0.1, 0.15) is 11.1 Å². The lowest BCUT2D eigenvalue weighted by molar-refractivity contribution is 0.653. The average Bonchev–Trinajstić information content (AvgIpc) is 3.73. The number of hydrogen-bond acceptors (Lipinski definition) is 5. The summed E-state index contributed by atoms with van der Waals surface area (Å²) in [6.07, 6.45) is 3.38. The molecular formula is C47H30N4O. The predicted octanol–water partition coefficient (Wildman–Crippen LogP) is 12.0. The van der Waals surface area contributed by atoms with Crippen molar-refractivity contribution in [2.45, 2.75) is 5.41 Å². The van der Waals surface area contributed by atoms with Crippen LogP contribution >= 0.6 is 0 Å². The molecule has 5 heteroatoms. The van der Waals surface area contributed by atoms with Gasteiger partial charge in [0.2, 0.25) is 5.71 Å². The molecular weight excluding hydrogens is 637 g/mol. The fourth-order valence-electron chi connectivity index (χ4n) is 8.73. The molecule has 0 saturated heterocycles. The van der Waals surface area contributed by atoms with Crippen LogP contribution < -0.4 is 9.80 Å². The summed E-state index contributed by atoms with van der Waals surface area (Å²) < 4.78 is 6.29. The van der Waals surface area contributed by atoms with Crippen molar-refractivity contribution in [3.8, 4) is 11.1 Å². The molecule has 0 unspecified atom stereocenters. The summed E-state index contributed by atoms with van der Waals surface area (Å²) in [5.74, 6) is 0. The van der Waals surface area contributed by atoms with Crippen LogP contribution in [0.5, 0.6) is 0 Å². The Bertz CT molecular complexity index is 2740. The lowest BCUT2D eigenvalue weighted by Gasteiger charge is -2.45. The van der Waals surface area contributed by atoms with E-state index in [9.17, 15) is 0 Å². The van der Waals surface area contributed by atoms with Crippen LogP contribution in [-0.4, -0.2) is 9.97 Å². The molecule has 0 amide bonds. The molecule has 0 fully saturated rings. The highest BCUT2D eigenvalue weighted by Gasteiger charge is 2.51. The molecule has 11 rings (SSSR count). The Balaban J connectivity index is 1.24. The van der Waals surface area contributed by atoms with Gasteiger partial charge in [-0.05, 0) is 94.0 Å². The minimum absolute atomic E-state index is 0.541. The highest BCUT2D eigenvalue weighted by Crippen LogP contribution is 2.64. The van der Waals surface area contributed by atoms with E-state index in [0.717, 1.165) is 50.6 Å². The van der Waals surface area contributed by atoms with Gasteiger partial charge in [-0.3, -0.25) is 0 Å². The van der Waals surface area contributed by atoms with E-state index in [2.05, 4.69) is 190 Å². The molecule has 5 nitrogen and oxygen atoms in total. The highest BCUT2D eigenvalue weighted by molar-refractivity contribution is 6.04. The van der Waals surface area contributed by atoms with Crippen LogP contribution in [0.25, 0.3) is 33.3 Å². The summed E-state index contributed by atoms with van der Waals surface area (Å²) in [6.45, 7) is 0. The van der Waals surface area contributed by atoms with Crippen LogP contribution in [-0.2, 0) is 5.41 Å². The molecule has 3 heterocycles. The van der Waals surface area contributed by atoms with Crippen molar-refractivity contribution in [1.29, 1.82) is 0 Å². The van der Waals surface area contributed by atoms with E-state index in [1.54, 1.807) is 12.4 Å². The molecule has 2 aliphatic rings. The fraction of sp³-hybridized carbons (Fsp3) is 0.0213. The number of furan rings is 1. The van der Waals surface area contributed by atoms with E-state index in [0.29, 0.717) is 5.71 Å². The number of nitrogens with zero attached hydrogens (tertiary/aromatic N) is 4. The number of anilines is 6. The monoisotopic (exact) mass is 666 g/mol. The minimum atomic E-state index is -0.567. The third-order valence-electron chi connectivity index (χ3n) is 10.8. The third kappa shape index (κ3) is 3.93. The molecule has 9 aromatic rings. The van der Waals surface area contributed by atoms with Gasteiger partial charge in [0.15, 0.2) is 0 Å². The van der Waals surface area contributed by atoms with Crippen molar-refractivity contribution in [1.82, 2.24) is 9.97 Å². The molecule has 1 spiro atoms. The van der Waals surface area contributed by atoms with Gasteiger partial charge in [-0.2, -0.15) is 0 Å². The topological polar surface area (TPSA) is 45.4 Å². The fourth-order valence-corrected chi connectivity index (χ4v) is 8.73. The Morgan fingerprint density at radius 2 is 1.08 bits per heavy atom. The second-order valence-electron chi connectivity index (χ2n) is 13.4. The smallest absolute Gasteiger partial charge is 0.246 e. The molecule has 0 saturated carbocycles. The molecule has 1 aliphatic heterocycles.